The Bertz CT molecular complexity index is 466. The van der Waals surface area contributed by atoms with Crippen LogP contribution in [0.15, 0.2) is 12.1 Å². The first kappa shape index (κ1) is 15.9. The normalized spacial score (nSPS) is 16.8. The molecular formula is C16H24O5. The van der Waals surface area contributed by atoms with Crippen molar-refractivity contribution >= 4 is 0 Å². The van der Waals surface area contributed by atoms with Crippen molar-refractivity contribution in [3.63, 3.8) is 0 Å². The molecule has 1 heterocycles. The van der Waals surface area contributed by atoms with Gasteiger partial charge in [0.1, 0.15) is 0 Å². The summed E-state index contributed by atoms with van der Waals surface area (Å²) < 4.78 is 28.7. The molecule has 21 heavy (non-hydrogen) atoms. The van der Waals surface area contributed by atoms with Crippen molar-refractivity contribution in [2.75, 3.05) is 33.0 Å². The van der Waals surface area contributed by atoms with Crippen molar-refractivity contribution < 1.29 is 23.7 Å². The molecule has 0 amide bonds. The third kappa shape index (κ3) is 3.24. The molecule has 0 radical (unpaired) electrons. The number of hydrogen-bond donors (Lipinski definition) is 0. The topological polar surface area (TPSA) is 46.2 Å². The molecule has 1 aliphatic heterocycles. The van der Waals surface area contributed by atoms with Crippen LogP contribution in [0.2, 0.25) is 0 Å². The highest BCUT2D eigenvalue weighted by molar-refractivity contribution is 5.57. The predicted molar refractivity (Wildman–Crippen MR) is 79.2 cm³/mol. The fourth-order valence-corrected chi connectivity index (χ4v) is 2.41. The Morgan fingerprint density at radius 2 is 1.48 bits per heavy atom. The number of benzene rings is 1. The van der Waals surface area contributed by atoms with Gasteiger partial charge in [0.05, 0.1) is 38.6 Å². The summed E-state index contributed by atoms with van der Waals surface area (Å²) in [6.45, 7) is 10.5. The maximum Gasteiger partial charge on any atom is 0.204 e. The molecule has 1 saturated heterocycles. The molecule has 2 rings (SSSR count). The van der Waals surface area contributed by atoms with Crippen LogP contribution in [-0.2, 0) is 15.3 Å². The van der Waals surface area contributed by atoms with Crippen LogP contribution in [0, 0.1) is 0 Å². The van der Waals surface area contributed by atoms with E-state index in [9.17, 15) is 0 Å². The molecule has 1 aromatic carbocycles. The Hall–Kier alpha value is -1.46. The summed E-state index contributed by atoms with van der Waals surface area (Å²) in [5, 5.41) is 0. The lowest BCUT2D eigenvalue weighted by molar-refractivity contribution is -0.151. The lowest BCUT2D eigenvalue weighted by atomic mass is 10.0. The summed E-state index contributed by atoms with van der Waals surface area (Å²) in [4.78, 5) is 0. The molecule has 0 N–H and O–H groups in total. The lowest BCUT2D eigenvalue weighted by Crippen LogP contribution is -2.24. The maximum atomic E-state index is 5.82. The summed E-state index contributed by atoms with van der Waals surface area (Å²) in [5.41, 5.74) is 0.828. The summed E-state index contributed by atoms with van der Waals surface area (Å²) in [6, 6.07) is 3.80. The van der Waals surface area contributed by atoms with Crippen molar-refractivity contribution in [3.05, 3.63) is 17.7 Å². The molecule has 0 saturated carbocycles. The zero-order valence-electron chi connectivity index (χ0n) is 13.2. The van der Waals surface area contributed by atoms with Gasteiger partial charge in [0, 0.05) is 0 Å². The van der Waals surface area contributed by atoms with Crippen molar-refractivity contribution in [2.45, 2.75) is 33.5 Å². The highest BCUT2D eigenvalue weighted by atomic mass is 16.7. The minimum absolute atomic E-state index is 0.527. The minimum atomic E-state index is -0.804. The molecule has 0 atom stereocenters. The zero-order valence-corrected chi connectivity index (χ0v) is 13.2. The Balaban J connectivity index is 2.51. The van der Waals surface area contributed by atoms with Crippen molar-refractivity contribution in [1.29, 1.82) is 0 Å². The zero-order chi connectivity index (χ0) is 15.3. The smallest absolute Gasteiger partial charge is 0.204 e. The molecule has 1 aromatic rings. The minimum Gasteiger partial charge on any atom is -0.490 e. The Morgan fingerprint density at radius 3 is 2.05 bits per heavy atom. The highest BCUT2D eigenvalue weighted by Gasteiger charge is 2.38. The molecule has 0 unspecified atom stereocenters. The highest BCUT2D eigenvalue weighted by Crippen LogP contribution is 2.46. The van der Waals surface area contributed by atoms with Crippen LogP contribution in [0.5, 0.6) is 17.2 Å². The van der Waals surface area contributed by atoms with Crippen LogP contribution >= 0.6 is 0 Å². The van der Waals surface area contributed by atoms with Gasteiger partial charge in [-0.2, -0.15) is 0 Å². The number of ether oxygens (including phenoxy) is 5. The number of hydrogen-bond acceptors (Lipinski definition) is 5. The van der Waals surface area contributed by atoms with Gasteiger partial charge in [-0.25, -0.2) is 0 Å². The van der Waals surface area contributed by atoms with E-state index in [4.69, 9.17) is 23.7 Å². The van der Waals surface area contributed by atoms with Gasteiger partial charge < -0.3 is 23.7 Å². The largest absolute Gasteiger partial charge is 0.490 e. The SMILES string of the molecule is CCOc1ccc(C2(C)OCCO2)c(OCC)c1OCC. The summed E-state index contributed by atoms with van der Waals surface area (Å²) in [7, 11) is 0. The molecule has 118 valence electrons. The van der Waals surface area contributed by atoms with E-state index in [0.717, 1.165) is 5.56 Å². The van der Waals surface area contributed by atoms with E-state index in [2.05, 4.69) is 0 Å². The fraction of sp³-hybridized carbons (Fsp3) is 0.625. The monoisotopic (exact) mass is 296 g/mol. The average molecular weight is 296 g/mol. The molecule has 0 bridgehead atoms. The fourth-order valence-electron chi connectivity index (χ4n) is 2.41. The third-order valence-corrected chi connectivity index (χ3v) is 3.28. The second-order valence-electron chi connectivity index (χ2n) is 4.71. The quantitative estimate of drug-likeness (QED) is 0.773. The van der Waals surface area contributed by atoms with E-state index in [1.54, 1.807) is 0 Å². The van der Waals surface area contributed by atoms with Crippen LogP contribution in [0.4, 0.5) is 0 Å². The van der Waals surface area contributed by atoms with Crippen LogP contribution in [0.25, 0.3) is 0 Å². The molecule has 1 aliphatic rings. The Morgan fingerprint density at radius 1 is 0.905 bits per heavy atom. The van der Waals surface area contributed by atoms with Crippen LogP contribution in [0.1, 0.15) is 33.3 Å². The van der Waals surface area contributed by atoms with Gasteiger partial charge in [0.2, 0.25) is 5.75 Å². The van der Waals surface area contributed by atoms with Crippen molar-refractivity contribution in [3.8, 4) is 17.2 Å². The second kappa shape index (κ2) is 7.00. The van der Waals surface area contributed by atoms with E-state index >= 15 is 0 Å². The lowest BCUT2D eigenvalue weighted by Gasteiger charge is -2.27. The summed E-state index contributed by atoms with van der Waals surface area (Å²) in [5.74, 6) is 1.11. The van der Waals surface area contributed by atoms with Gasteiger partial charge in [-0.1, -0.05) is 0 Å². The standard InChI is InChI=1S/C16H24O5/c1-5-17-13-9-8-12(16(4)20-10-11-21-16)14(18-6-2)15(13)19-7-3/h8-9H,5-7,10-11H2,1-4H3. The van der Waals surface area contributed by atoms with Gasteiger partial charge in [-0.3, -0.25) is 0 Å². The summed E-state index contributed by atoms with van der Waals surface area (Å²) in [6.07, 6.45) is 0. The van der Waals surface area contributed by atoms with Crippen LogP contribution in [0.3, 0.4) is 0 Å². The van der Waals surface area contributed by atoms with Gasteiger partial charge in [-0.05, 0) is 39.8 Å². The van der Waals surface area contributed by atoms with E-state index in [1.165, 1.54) is 0 Å². The second-order valence-corrected chi connectivity index (χ2v) is 4.71. The first-order valence-electron chi connectivity index (χ1n) is 7.50. The Labute approximate surface area is 126 Å². The summed E-state index contributed by atoms with van der Waals surface area (Å²) >= 11 is 0. The number of rotatable bonds is 7. The van der Waals surface area contributed by atoms with Gasteiger partial charge in [-0.15, -0.1) is 0 Å². The van der Waals surface area contributed by atoms with E-state index in [0.29, 0.717) is 50.3 Å². The van der Waals surface area contributed by atoms with E-state index < -0.39 is 5.79 Å². The van der Waals surface area contributed by atoms with Crippen LogP contribution in [-0.4, -0.2) is 33.0 Å². The molecular weight excluding hydrogens is 272 g/mol. The molecule has 1 fully saturated rings. The van der Waals surface area contributed by atoms with Crippen molar-refractivity contribution in [1.82, 2.24) is 0 Å². The molecule has 0 aromatic heterocycles. The van der Waals surface area contributed by atoms with Crippen LogP contribution < -0.4 is 14.2 Å². The molecule has 0 spiro atoms. The first-order chi connectivity index (χ1) is 10.2. The van der Waals surface area contributed by atoms with E-state index in [1.807, 2.05) is 39.8 Å². The average Bonchev–Trinajstić information content (AvgIpc) is 2.90. The maximum absolute atomic E-state index is 5.82. The third-order valence-electron chi connectivity index (χ3n) is 3.28. The van der Waals surface area contributed by atoms with Gasteiger partial charge in [0.15, 0.2) is 17.3 Å². The van der Waals surface area contributed by atoms with E-state index in [-0.39, 0.29) is 0 Å². The van der Waals surface area contributed by atoms with Crippen molar-refractivity contribution in [2.24, 2.45) is 0 Å². The molecule has 0 aliphatic carbocycles. The first-order valence-corrected chi connectivity index (χ1v) is 7.50. The predicted octanol–water partition coefficient (Wildman–Crippen LogP) is 3.10. The molecule has 5 heteroatoms. The van der Waals surface area contributed by atoms with Gasteiger partial charge >= 0.3 is 0 Å². The van der Waals surface area contributed by atoms with Gasteiger partial charge in [0.25, 0.3) is 0 Å². The Kier molecular flexibility index (Phi) is 5.31. The molecule has 5 nitrogen and oxygen atoms in total.